The third-order valence-electron chi connectivity index (χ3n) is 4.46. The number of halogens is 3. The molecule has 134 valence electrons. The number of likely N-dealkylation sites (tertiary alicyclic amines) is 1. The van der Waals surface area contributed by atoms with Crippen molar-refractivity contribution < 1.29 is 18.7 Å². The van der Waals surface area contributed by atoms with Gasteiger partial charge in [-0.05, 0) is 30.7 Å². The number of aromatic hydroxyl groups is 1. The number of pyridine rings is 1. The lowest BCUT2D eigenvalue weighted by molar-refractivity contribution is 0.0788. The highest BCUT2D eigenvalue weighted by Gasteiger charge is 2.27. The first-order valence-electron chi connectivity index (χ1n) is 8.03. The molecule has 8 heteroatoms. The molecule has 0 saturated carbocycles. The summed E-state index contributed by atoms with van der Waals surface area (Å²) < 4.78 is 29.3. The van der Waals surface area contributed by atoms with Gasteiger partial charge in [-0.15, -0.1) is 11.6 Å². The van der Waals surface area contributed by atoms with E-state index in [1.54, 1.807) is 33.8 Å². The number of carbonyl (C=O) groups is 1. The summed E-state index contributed by atoms with van der Waals surface area (Å²) in [7, 11) is 0. The van der Waals surface area contributed by atoms with E-state index in [4.69, 9.17) is 11.6 Å². The van der Waals surface area contributed by atoms with Gasteiger partial charge in [0.15, 0.2) is 11.6 Å². The molecule has 1 saturated heterocycles. The minimum Gasteiger partial charge on any atom is -0.505 e. The molecule has 3 aromatic rings. The highest BCUT2D eigenvalue weighted by Crippen LogP contribution is 2.29. The predicted molar refractivity (Wildman–Crippen MR) is 92.4 cm³/mol. The van der Waals surface area contributed by atoms with Gasteiger partial charge in [-0.25, -0.2) is 9.37 Å². The molecule has 0 bridgehead atoms. The quantitative estimate of drug-likeness (QED) is 0.696. The van der Waals surface area contributed by atoms with Crippen molar-refractivity contribution >= 4 is 23.2 Å². The molecule has 1 aliphatic heterocycles. The van der Waals surface area contributed by atoms with Crippen LogP contribution in [0.2, 0.25) is 0 Å². The fourth-order valence-corrected chi connectivity index (χ4v) is 3.34. The van der Waals surface area contributed by atoms with E-state index < -0.39 is 17.4 Å². The molecule has 3 heterocycles. The van der Waals surface area contributed by atoms with Crippen LogP contribution >= 0.6 is 11.6 Å². The predicted octanol–water partition coefficient (Wildman–Crippen LogP) is 3.44. The van der Waals surface area contributed by atoms with E-state index in [1.165, 1.54) is 6.07 Å². The number of benzene rings is 1. The number of carbonyl (C=O) groups excluding carboxylic acids is 1. The number of nitrogens with zero attached hydrogens (tertiary/aromatic N) is 3. The van der Waals surface area contributed by atoms with E-state index in [0.717, 1.165) is 12.5 Å². The van der Waals surface area contributed by atoms with Crippen LogP contribution in [-0.2, 0) is 0 Å². The fourth-order valence-electron chi connectivity index (χ4n) is 3.08. The number of hydrogen-bond acceptors (Lipinski definition) is 3. The number of imidazole rings is 1. The topological polar surface area (TPSA) is 57.8 Å². The first-order chi connectivity index (χ1) is 12.4. The highest BCUT2D eigenvalue weighted by atomic mass is 35.5. The lowest BCUT2D eigenvalue weighted by Gasteiger charge is -2.13. The average molecular weight is 378 g/mol. The Hall–Kier alpha value is -2.67. The Balaban J connectivity index is 1.70. The molecule has 1 fully saturated rings. The molecule has 1 amide bonds. The normalized spacial score (nSPS) is 17.2. The summed E-state index contributed by atoms with van der Waals surface area (Å²) in [5.74, 6) is -3.38. The molecule has 26 heavy (non-hydrogen) atoms. The van der Waals surface area contributed by atoms with Gasteiger partial charge in [-0.2, -0.15) is 4.39 Å². The largest absolute Gasteiger partial charge is 0.505 e. The van der Waals surface area contributed by atoms with Crippen LogP contribution in [0.5, 0.6) is 5.75 Å². The first-order valence-corrected chi connectivity index (χ1v) is 8.47. The minimum atomic E-state index is -1.30. The number of hydrogen-bond donors (Lipinski definition) is 1. The zero-order chi connectivity index (χ0) is 18.4. The van der Waals surface area contributed by atoms with Crippen LogP contribution in [0.3, 0.4) is 0 Å². The summed E-state index contributed by atoms with van der Waals surface area (Å²) in [4.78, 5) is 18.4. The van der Waals surface area contributed by atoms with Crippen LogP contribution in [0.25, 0.3) is 16.8 Å². The van der Waals surface area contributed by atoms with Crippen molar-refractivity contribution in [1.82, 2.24) is 14.3 Å². The van der Waals surface area contributed by atoms with Gasteiger partial charge in [-0.1, -0.05) is 0 Å². The van der Waals surface area contributed by atoms with E-state index in [2.05, 4.69) is 4.98 Å². The Labute approximate surface area is 152 Å². The lowest BCUT2D eigenvalue weighted by atomic mass is 10.1. The number of alkyl halides is 1. The molecule has 0 spiro atoms. The Kier molecular flexibility index (Phi) is 4.03. The van der Waals surface area contributed by atoms with E-state index in [1.807, 2.05) is 0 Å². The summed E-state index contributed by atoms with van der Waals surface area (Å²) >= 11 is 6.04. The second-order valence-corrected chi connectivity index (χ2v) is 6.82. The summed E-state index contributed by atoms with van der Waals surface area (Å²) in [6.07, 6.45) is 3.86. The zero-order valence-corrected chi connectivity index (χ0v) is 14.2. The summed E-state index contributed by atoms with van der Waals surface area (Å²) in [6, 6.07) is 5.58. The molecule has 1 aromatic carbocycles. The molecule has 0 radical (unpaired) electrons. The van der Waals surface area contributed by atoms with Crippen LogP contribution < -0.4 is 0 Å². The zero-order valence-electron chi connectivity index (χ0n) is 13.5. The third kappa shape index (κ3) is 2.78. The first kappa shape index (κ1) is 16.8. The van der Waals surface area contributed by atoms with Crippen LogP contribution in [0.1, 0.15) is 16.9 Å². The number of phenols is 1. The van der Waals surface area contributed by atoms with Crippen molar-refractivity contribution in [1.29, 1.82) is 0 Å². The smallest absolute Gasteiger partial charge is 0.274 e. The van der Waals surface area contributed by atoms with E-state index in [9.17, 15) is 18.7 Å². The van der Waals surface area contributed by atoms with Gasteiger partial charge in [0.25, 0.3) is 5.91 Å². The second-order valence-electron chi connectivity index (χ2n) is 6.21. The number of fused-ring (bicyclic) bond motifs is 1. The van der Waals surface area contributed by atoms with Crippen molar-refractivity contribution in [2.24, 2.45) is 0 Å². The van der Waals surface area contributed by atoms with Crippen LogP contribution in [0.15, 0.2) is 36.7 Å². The molecule has 2 aromatic heterocycles. The van der Waals surface area contributed by atoms with Crippen molar-refractivity contribution in [3.63, 3.8) is 0 Å². The van der Waals surface area contributed by atoms with Crippen molar-refractivity contribution in [3.8, 4) is 16.9 Å². The lowest BCUT2D eigenvalue weighted by Crippen LogP contribution is -2.29. The Morgan fingerprint density at radius 1 is 1.19 bits per heavy atom. The van der Waals surface area contributed by atoms with Gasteiger partial charge in [0.1, 0.15) is 11.3 Å². The molecule has 1 atom stereocenters. The average Bonchev–Trinajstić information content (AvgIpc) is 3.24. The maximum absolute atomic E-state index is 14.1. The summed E-state index contributed by atoms with van der Waals surface area (Å²) in [5, 5.41) is 9.20. The minimum absolute atomic E-state index is 0.00769. The van der Waals surface area contributed by atoms with E-state index in [-0.39, 0.29) is 22.5 Å². The molecule has 0 aliphatic carbocycles. The number of rotatable bonds is 2. The number of phenolic OH excluding ortho intramolecular Hbond substituents is 1. The van der Waals surface area contributed by atoms with Gasteiger partial charge in [0, 0.05) is 36.6 Å². The van der Waals surface area contributed by atoms with Gasteiger partial charge >= 0.3 is 0 Å². The SMILES string of the molecule is O=C(c1cn2cc(-c3ccc(O)c(F)c3F)ccc2n1)N1CC[C@@H](Cl)C1. The summed E-state index contributed by atoms with van der Waals surface area (Å²) in [5.41, 5.74) is 1.18. The van der Waals surface area contributed by atoms with Crippen molar-refractivity contribution in [2.45, 2.75) is 11.8 Å². The Bertz CT molecular complexity index is 1020. The second kappa shape index (κ2) is 6.25. The highest BCUT2D eigenvalue weighted by molar-refractivity contribution is 6.21. The standard InChI is InChI=1S/C18H14ClF2N3O2/c19-11-5-6-23(8-11)18(26)13-9-24-7-10(1-4-15(24)22-13)12-2-3-14(25)17(21)16(12)20/h1-4,7,9,11,25H,5-6,8H2/t11-/m1/s1. The number of amides is 1. The van der Waals surface area contributed by atoms with Crippen LogP contribution in [-0.4, -0.2) is 43.8 Å². The van der Waals surface area contributed by atoms with Crippen molar-refractivity contribution in [2.75, 3.05) is 13.1 Å². The van der Waals surface area contributed by atoms with Gasteiger partial charge in [-0.3, -0.25) is 4.79 Å². The molecule has 1 aliphatic rings. The maximum atomic E-state index is 14.1. The molecule has 1 N–H and O–H groups in total. The van der Waals surface area contributed by atoms with E-state index in [0.29, 0.717) is 24.3 Å². The Morgan fingerprint density at radius 2 is 2.00 bits per heavy atom. The van der Waals surface area contributed by atoms with Crippen molar-refractivity contribution in [3.05, 3.63) is 54.0 Å². The fraction of sp³-hybridized carbons (Fsp3) is 0.222. The van der Waals surface area contributed by atoms with Crippen LogP contribution in [0.4, 0.5) is 8.78 Å². The monoisotopic (exact) mass is 377 g/mol. The van der Waals surface area contributed by atoms with E-state index >= 15 is 0 Å². The van der Waals surface area contributed by atoms with Crippen LogP contribution in [0, 0.1) is 11.6 Å². The molecule has 5 nitrogen and oxygen atoms in total. The molecular formula is C18H14ClF2N3O2. The maximum Gasteiger partial charge on any atom is 0.274 e. The molecular weight excluding hydrogens is 364 g/mol. The summed E-state index contributed by atoms with van der Waals surface area (Å²) in [6.45, 7) is 1.07. The molecule has 0 unspecified atom stereocenters. The van der Waals surface area contributed by atoms with Gasteiger partial charge < -0.3 is 14.4 Å². The van der Waals surface area contributed by atoms with Gasteiger partial charge in [0.05, 0.1) is 5.38 Å². The number of aromatic nitrogens is 2. The Morgan fingerprint density at radius 3 is 2.73 bits per heavy atom. The van der Waals surface area contributed by atoms with Gasteiger partial charge in [0.2, 0.25) is 5.82 Å². The third-order valence-corrected chi connectivity index (χ3v) is 4.82. The molecule has 4 rings (SSSR count).